The summed E-state index contributed by atoms with van der Waals surface area (Å²) in [5, 5.41) is 0.261. The molecule has 0 unspecified atom stereocenters. The third-order valence-corrected chi connectivity index (χ3v) is 7.05. The highest BCUT2D eigenvalue weighted by Crippen LogP contribution is 2.33. The zero-order chi connectivity index (χ0) is 23.0. The van der Waals surface area contributed by atoms with Gasteiger partial charge in [0.05, 0.1) is 6.42 Å². The molecule has 2 aromatic rings. The zero-order valence-corrected chi connectivity index (χ0v) is 20.2. The summed E-state index contributed by atoms with van der Waals surface area (Å²) in [5.74, 6) is 0.216. The van der Waals surface area contributed by atoms with Gasteiger partial charge in [-0.25, -0.2) is 9.78 Å². The highest BCUT2D eigenvalue weighted by Gasteiger charge is 2.31. The molecular weight excluding hydrogens is 467 g/mol. The number of alkyl halides is 3. The van der Waals surface area contributed by atoms with Crippen LogP contribution in [0.3, 0.4) is 0 Å². The summed E-state index contributed by atoms with van der Waals surface area (Å²) in [7, 11) is 1.51. The van der Waals surface area contributed by atoms with Crippen LogP contribution in [0, 0.1) is 5.92 Å². The molecule has 1 aliphatic rings. The summed E-state index contributed by atoms with van der Waals surface area (Å²) in [6.45, 7) is 3.81. The predicted octanol–water partition coefficient (Wildman–Crippen LogP) is 3.68. The van der Waals surface area contributed by atoms with Crippen molar-refractivity contribution in [3.05, 3.63) is 20.8 Å². The smallest absolute Gasteiger partial charge is 0.329 e. The molecule has 0 amide bonds. The lowest BCUT2D eigenvalue weighted by atomic mass is 9.89. The fourth-order valence-corrected chi connectivity index (χ4v) is 4.96. The number of halogens is 4. The van der Waals surface area contributed by atoms with E-state index in [2.05, 4.69) is 4.98 Å². The second-order valence-corrected chi connectivity index (χ2v) is 10.6. The molecule has 7 nitrogen and oxygen atoms in total. The SMILES string of the molecule is Cl.Cn1c(=O)n(CC2CCCCC2)c(=O)c2c1nc(SC(C)(C)CN)n2CCC(F)(F)F. The molecule has 182 valence electrons. The second kappa shape index (κ2) is 10.2. The monoisotopic (exact) mass is 497 g/mol. The molecule has 0 atom stereocenters. The molecule has 0 bridgehead atoms. The van der Waals surface area contributed by atoms with Crippen molar-refractivity contribution < 1.29 is 13.2 Å². The summed E-state index contributed by atoms with van der Waals surface area (Å²) >= 11 is 1.21. The Morgan fingerprint density at radius 1 is 1.12 bits per heavy atom. The number of fused-ring (bicyclic) bond motifs is 1. The van der Waals surface area contributed by atoms with E-state index in [1.807, 2.05) is 13.8 Å². The van der Waals surface area contributed by atoms with Gasteiger partial charge in [-0.05, 0) is 32.6 Å². The molecule has 2 heterocycles. The van der Waals surface area contributed by atoms with Crippen molar-refractivity contribution in [2.75, 3.05) is 6.54 Å². The normalized spacial score (nSPS) is 15.8. The number of hydrogen-bond donors (Lipinski definition) is 1. The van der Waals surface area contributed by atoms with Crippen LogP contribution in [0.15, 0.2) is 14.7 Å². The second-order valence-electron chi connectivity index (χ2n) is 8.91. The van der Waals surface area contributed by atoms with Crippen LogP contribution in [0.4, 0.5) is 13.2 Å². The average molecular weight is 498 g/mol. The Bertz CT molecular complexity index is 1050. The first kappa shape index (κ1) is 26.8. The summed E-state index contributed by atoms with van der Waals surface area (Å²) in [4.78, 5) is 30.7. The first-order chi connectivity index (χ1) is 14.4. The van der Waals surface area contributed by atoms with Gasteiger partial charge in [0.1, 0.15) is 0 Å². The summed E-state index contributed by atoms with van der Waals surface area (Å²) in [6, 6.07) is 0. The molecule has 32 heavy (non-hydrogen) atoms. The summed E-state index contributed by atoms with van der Waals surface area (Å²) in [6.07, 6.45) is -0.353. The van der Waals surface area contributed by atoms with Gasteiger partial charge in [-0.3, -0.25) is 13.9 Å². The first-order valence-corrected chi connectivity index (χ1v) is 11.4. The Hall–Kier alpha value is -1.46. The minimum Gasteiger partial charge on any atom is -0.329 e. The number of nitrogens with zero attached hydrogens (tertiary/aromatic N) is 4. The standard InChI is InChI=1S/C20H30F3N5O2S.ClH/c1-19(2,12-24)31-17-25-15-14(27(17)10-9-20(21,22)23)16(29)28(18(30)26(15)3)11-13-7-5-4-6-8-13;/h13H,4-12,24H2,1-3H3;1H. The van der Waals surface area contributed by atoms with E-state index in [1.54, 1.807) is 0 Å². The molecule has 1 aliphatic carbocycles. The Kier molecular flexibility index (Phi) is 8.55. The van der Waals surface area contributed by atoms with Crippen LogP contribution in [-0.2, 0) is 20.1 Å². The molecule has 0 radical (unpaired) electrons. The number of hydrogen-bond acceptors (Lipinski definition) is 5. The molecule has 0 aromatic carbocycles. The molecule has 1 fully saturated rings. The molecular formula is C20H31ClF3N5O2S. The van der Waals surface area contributed by atoms with Gasteiger partial charge in [0, 0.05) is 31.4 Å². The number of imidazole rings is 1. The van der Waals surface area contributed by atoms with Gasteiger partial charge in [0.15, 0.2) is 16.3 Å². The summed E-state index contributed by atoms with van der Waals surface area (Å²) in [5.41, 5.74) is 4.88. The van der Waals surface area contributed by atoms with E-state index >= 15 is 0 Å². The maximum atomic E-state index is 13.3. The maximum Gasteiger partial charge on any atom is 0.390 e. The van der Waals surface area contributed by atoms with Crippen molar-refractivity contribution in [3.63, 3.8) is 0 Å². The van der Waals surface area contributed by atoms with Gasteiger partial charge < -0.3 is 10.3 Å². The van der Waals surface area contributed by atoms with Crippen molar-refractivity contribution in [3.8, 4) is 0 Å². The Morgan fingerprint density at radius 2 is 1.75 bits per heavy atom. The lowest BCUT2D eigenvalue weighted by Crippen LogP contribution is -2.41. The molecule has 1 saturated carbocycles. The Balaban J connectivity index is 0.00000363. The van der Waals surface area contributed by atoms with E-state index in [1.165, 1.54) is 32.5 Å². The van der Waals surface area contributed by atoms with E-state index in [4.69, 9.17) is 5.73 Å². The van der Waals surface area contributed by atoms with E-state index in [9.17, 15) is 22.8 Å². The third kappa shape index (κ3) is 5.91. The lowest BCUT2D eigenvalue weighted by molar-refractivity contribution is -0.136. The number of aryl methyl sites for hydroxylation is 2. The van der Waals surface area contributed by atoms with Crippen molar-refractivity contribution in [1.29, 1.82) is 0 Å². The number of nitrogens with two attached hydrogens (primary N) is 1. The highest BCUT2D eigenvalue weighted by atomic mass is 35.5. The van der Waals surface area contributed by atoms with Gasteiger partial charge in [0.25, 0.3) is 5.56 Å². The highest BCUT2D eigenvalue weighted by molar-refractivity contribution is 8.00. The van der Waals surface area contributed by atoms with Crippen molar-refractivity contribution >= 4 is 35.3 Å². The quantitative estimate of drug-likeness (QED) is 0.589. The molecule has 3 rings (SSSR count). The van der Waals surface area contributed by atoms with Gasteiger partial charge >= 0.3 is 11.9 Å². The van der Waals surface area contributed by atoms with Gasteiger partial charge in [0.2, 0.25) is 0 Å². The van der Waals surface area contributed by atoms with E-state index < -0.39 is 35.1 Å². The zero-order valence-electron chi connectivity index (χ0n) is 18.6. The Morgan fingerprint density at radius 3 is 2.31 bits per heavy atom. The van der Waals surface area contributed by atoms with Gasteiger partial charge in [-0.1, -0.05) is 31.0 Å². The molecule has 12 heteroatoms. The fraction of sp³-hybridized carbons (Fsp3) is 0.750. The topological polar surface area (TPSA) is 87.8 Å². The van der Waals surface area contributed by atoms with E-state index in [0.717, 1.165) is 32.1 Å². The predicted molar refractivity (Wildman–Crippen MR) is 123 cm³/mol. The Labute approximate surface area is 195 Å². The van der Waals surface area contributed by atoms with Crippen LogP contribution >= 0.6 is 24.2 Å². The van der Waals surface area contributed by atoms with E-state index in [-0.39, 0.29) is 47.7 Å². The summed E-state index contributed by atoms with van der Waals surface area (Å²) < 4.78 is 42.3. The van der Waals surface area contributed by atoms with Crippen LogP contribution in [0.1, 0.15) is 52.4 Å². The molecule has 0 saturated heterocycles. The van der Waals surface area contributed by atoms with Gasteiger partial charge in [-0.15, -0.1) is 12.4 Å². The van der Waals surface area contributed by atoms with Crippen molar-refractivity contribution in [2.45, 2.75) is 81.5 Å². The van der Waals surface area contributed by atoms with Crippen LogP contribution in [0.25, 0.3) is 11.2 Å². The third-order valence-electron chi connectivity index (χ3n) is 5.84. The van der Waals surface area contributed by atoms with E-state index in [0.29, 0.717) is 0 Å². The lowest BCUT2D eigenvalue weighted by Gasteiger charge is -2.22. The minimum absolute atomic E-state index is 0. The number of aromatic nitrogens is 4. The molecule has 2 N–H and O–H groups in total. The van der Waals surface area contributed by atoms with Crippen LogP contribution < -0.4 is 17.0 Å². The largest absolute Gasteiger partial charge is 0.390 e. The van der Waals surface area contributed by atoms with Crippen LogP contribution in [0.5, 0.6) is 0 Å². The molecule has 0 spiro atoms. The van der Waals surface area contributed by atoms with Crippen LogP contribution in [-0.4, -0.2) is 36.2 Å². The molecule has 2 aromatic heterocycles. The fourth-order valence-electron chi connectivity index (χ4n) is 3.95. The van der Waals surface area contributed by atoms with Crippen LogP contribution in [0.2, 0.25) is 0 Å². The maximum absolute atomic E-state index is 13.3. The van der Waals surface area contributed by atoms with Crippen molar-refractivity contribution in [1.82, 2.24) is 18.7 Å². The van der Waals surface area contributed by atoms with Gasteiger partial charge in [-0.2, -0.15) is 13.2 Å². The minimum atomic E-state index is -4.39. The molecule has 0 aliphatic heterocycles. The average Bonchev–Trinajstić information content (AvgIpc) is 3.06. The number of thioether (sulfide) groups is 1. The van der Waals surface area contributed by atoms with Crippen molar-refractivity contribution in [2.24, 2.45) is 18.7 Å². The first-order valence-electron chi connectivity index (χ1n) is 10.6. The number of rotatable bonds is 7.